The van der Waals surface area contributed by atoms with Crippen molar-refractivity contribution in [2.45, 2.75) is 70.6 Å². The molecule has 3 heteroatoms. The summed E-state index contributed by atoms with van der Waals surface area (Å²) in [6, 6.07) is 3.87. The van der Waals surface area contributed by atoms with Crippen molar-refractivity contribution in [3.8, 4) is 0 Å². The summed E-state index contributed by atoms with van der Waals surface area (Å²) in [6.45, 7) is 5.34. The molecule has 0 radical (unpaired) electrons. The number of aryl methyl sites for hydroxylation is 2. The number of ether oxygens (including phenoxy) is 1. The molecular weight excluding hydrogens is 265 g/mol. The number of nitrogens with one attached hydrogen (secondary N) is 1. The van der Waals surface area contributed by atoms with Gasteiger partial charge in [-0.15, -0.1) is 0 Å². The second kappa shape index (κ2) is 6.05. The molecule has 21 heavy (non-hydrogen) atoms. The average molecular weight is 291 g/mol. The van der Waals surface area contributed by atoms with Crippen LogP contribution in [0.3, 0.4) is 0 Å². The Kier molecular flexibility index (Phi) is 4.32. The normalized spacial score (nSPS) is 24.0. The van der Waals surface area contributed by atoms with Gasteiger partial charge in [0.25, 0.3) is 0 Å². The van der Waals surface area contributed by atoms with Crippen LogP contribution < -0.4 is 5.32 Å². The smallest absolute Gasteiger partial charge is 0.129 e. The van der Waals surface area contributed by atoms with Gasteiger partial charge in [-0.1, -0.05) is 25.0 Å². The number of benzene rings is 1. The van der Waals surface area contributed by atoms with Crippen LogP contribution >= 0.6 is 0 Å². The summed E-state index contributed by atoms with van der Waals surface area (Å²) in [5.41, 5.74) is 2.83. The van der Waals surface area contributed by atoms with Crippen molar-refractivity contribution in [1.29, 1.82) is 0 Å². The third kappa shape index (κ3) is 3.29. The van der Waals surface area contributed by atoms with E-state index < -0.39 is 0 Å². The molecule has 1 saturated carbocycles. The van der Waals surface area contributed by atoms with E-state index in [1.165, 1.54) is 38.5 Å². The Morgan fingerprint density at radius 3 is 2.52 bits per heavy atom. The first kappa shape index (κ1) is 15.0. The monoisotopic (exact) mass is 291 g/mol. The van der Waals surface area contributed by atoms with E-state index in [0.29, 0.717) is 6.10 Å². The lowest BCUT2D eigenvalue weighted by Gasteiger charge is -2.24. The lowest BCUT2D eigenvalue weighted by Crippen LogP contribution is -2.30. The van der Waals surface area contributed by atoms with Gasteiger partial charge in [-0.3, -0.25) is 0 Å². The Bertz CT molecular complexity index is 485. The Morgan fingerprint density at radius 2 is 1.86 bits per heavy atom. The number of hydrogen-bond donors (Lipinski definition) is 1. The van der Waals surface area contributed by atoms with Gasteiger partial charge in [0, 0.05) is 13.1 Å². The van der Waals surface area contributed by atoms with Crippen molar-refractivity contribution >= 4 is 0 Å². The van der Waals surface area contributed by atoms with Crippen LogP contribution in [0.25, 0.3) is 0 Å². The van der Waals surface area contributed by atoms with Gasteiger partial charge in [-0.2, -0.15) is 0 Å². The van der Waals surface area contributed by atoms with Crippen molar-refractivity contribution in [2.75, 3.05) is 6.54 Å². The minimum Gasteiger partial charge on any atom is -0.370 e. The minimum absolute atomic E-state index is 0.0824. The van der Waals surface area contributed by atoms with Gasteiger partial charge < -0.3 is 10.1 Å². The molecule has 0 amide bonds. The zero-order valence-corrected chi connectivity index (χ0v) is 13.2. The molecule has 1 aliphatic heterocycles. The van der Waals surface area contributed by atoms with E-state index in [9.17, 15) is 4.39 Å². The maximum atomic E-state index is 13.6. The molecule has 2 fully saturated rings. The molecule has 2 aliphatic rings. The van der Waals surface area contributed by atoms with Crippen LogP contribution in [0.5, 0.6) is 0 Å². The van der Waals surface area contributed by atoms with Gasteiger partial charge in [0.2, 0.25) is 0 Å². The summed E-state index contributed by atoms with van der Waals surface area (Å²) >= 11 is 0. The average Bonchev–Trinajstić information content (AvgIpc) is 3.07. The van der Waals surface area contributed by atoms with Crippen LogP contribution in [0, 0.1) is 19.7 Å². The van der Waals surface area contributed by atoms with E-state index >= 15 is 0 Å². The Morgan fingerprint density at radius 1 is 1.19 bits per heavy atom. The zero-order chi connectivity index (χ0) is 14.9. The Labute approximate surface area is 127 Å². The predicted octanol–water partition coefficient (Wildman–Crippen LogP) is 4.02. The molecule has 3 rings (SSSR count). The second-order valence-electron chi connectivity index (χ2n) is 6.84. The van der Waals surface area contributed by atoms with E-state index in [-0.39, 0.29) is 11.4 Å². The molecule has 1 heterocycles. The number of rotatable bonds is 4. The van der Waals surface area contributed by atoms with E-state index in [1.807, 2.05) is 26.0 Å². The molecule has 1 unspecified atom stereocenters. The largest absolute Gasteiger partial charge is 0.370 e. The first-order valence-corrected chi connectivity index (χ1v) is 8.22. The van der Waals surface area contributed by atoms with Gasteiger partial charge in [0.15, 0.2) is 0 Å². The molecular formula is C18H26FNO. The van der Waals surface area contributed by atoms with Gasteiger partial charge in [-0.25, -0.2) is 4.39 Å². The third-order valence-electron chi connectivity index (χ3n) is 5.05. The van der Waals surface area contributed by atoms with Crippen LogP contribution in [0.1, 0.15) is 55.2 Å². The second-order valence-corrected chi connectivity index (χ2v) is 6.84. The maximum absolute atomic E-state index is 13.6. The van der Waals surface area contributed by atoms with Gasteiger partial charge in [0.05, 0.1) is 11.7 Å². The SMILES string of the molecule is Cc1cc(CNCC2CCC3(CCCC3)O2)cc(C)c1F. The number of hydrogen-bond acceptors (Lipinski definition) is 2. The fourth-order valence-electron chi connectivity index (χ4n) is 3.94. The predicted molar refractivity (Wildman–Crippen MR) is 82.9 cm³/mol. The van der Waals surface area contributed by atoms with Crippen molar-refractivity contribution < 1.29 is 9.13 Å². The first-order chi connectivity index (χ1) is 10.1. The molecule has 0 bridgehead atoms. The van der Waals surface area contributed by atoms with Crippen molar-refractivity contribution in [3.63, 3.8) is 0 Å². The molecule has 116 valence electrons. The van der Waals surface area contributed by atoms with Crippen LogP contribution in [-0.4, -0.2) is 18.2 Å². The summed E-state index contributed by atoms with van der Waals surface area (Å²) in [7, 11) is 0. The topological polar surface area (TPSA) is 21.3 Å². The summed E-state index contributed by atoms with van der Waals surface area (Å²) in [5.74, 6) is -0.0824. The summed E-state index contributed by atoms with van der Waals surface area (Å²) in [6.07, 6.45) is 7.91. The lowest BCUT2D eigenvalue weighted by molar-refractivity contribution is -0.0351. The first-order valence-electron chi connectivity index (χ1n) is 8.22. The molecule has 1 aromatic carbocycles. The molecule has 1 saturated heterocycles. The minimum atomic E-state index is -0.0824. The van der Waals surface area contributed by atoms with Crippen LogP contribution in [0.2, 0.25) is 0 Å². The van der Waals surface area contributed by atoms with Gasteiger partial charge in [0.1, 0.15) is 5.82 Å². The molecule has 2 nitrogen and oxygen atoms in total. The third-order valence-corrected chi connectivity index (χ3v) is 5.05. The van der Waals surface area contributed by atoms with Gasteiger partial charge in [-0.05, 0) is 56.2 Å². The molecule has 1 spiro atoms. The fourth-order valence-corrected chi connectivity index (χ4v) is 3.94. The van der Waals surface area contributed by atoms with Crippen molar-refractivity contribution in [1.82, 2.24) is 5.32 Å². The summed E-state index contributed by atoms with van der Waals surface area (Å²) in [4.78, 5) is 0. The standard InChI is InChI=1S/C18H26FNO/c1-13-9-15(10-14(2)17(13)19)11-20-12-16-5-8-18(21-16)6-3-4-7-18/h9-10,16,20H,3-8,11-12H2,1-2H3. The van der Waals surface area contributed by atoms with E-state index in [1.54, 1.807) is 0 Å². The lowest BCUT2D eigenvalue weighted by atomic mass is 9.98. The zero-order valence-electron chi connectivity index (χ0n) is 13.2. The molecule has 1 atom stereocenters. The quantitative estimate of drug-likeness (QED) is 0.904. The molecule has 1 aliphatic carbocycles. The highest BCUT2D eigenvalue weighted by Gasteiger charge is 2.41. The molecule has 0 aromatic heterocycles. The van der Waals surface area contributed by atoms with Crippen LogP contribution in [-0.2, 0) is 11.3 Å². The van der Waals surface area contributed by atoms with E-state index in [0.717, 1.165) is 29.8 Å². The van der Waals surface area contributed by atoms with Crippen LogP contribution in [0.4, 0.5) is 4.39 Å². The Balaban J connectivity index is 1.48. The van der Waals surface area contributed by atoms with Crippen molar-refractivity contribution in [3.05, 3.63) is 34.6 Å². The van der Waals surface area contributed by atoms with E-state index in [4.69, 9.17) is 4.74 Å². The fraction of sp³-hybridized carbons (Fsp3) is 0.667. The van der Waals surface area contributed by atoms with Crippen molar-refractivity contribution in [2.24, 2.45) is 0 Å². The maximum Gasteiger partial charge on any atom is 0.129 e. The summed E-state index contributed by atoms with van der Waals surface area (Å²) < 4.78 is 19.9. The highest BCUT2D eigenvalue weighted by atomic mass is 19.1. The van der Waals surface area contributed by atoms with Crippen LogP contribution in [0.15, 0.2) is 12.1 Å². The molecule has 1 aromatic rings. The van der Waals surface area contributed by atoms with E-state index in [2.05, 4.69) is 5.32 Å². The highest BCUT2D eigenvalue weighted by Crippen LogP contribution is 2.43. The Hall–Kier alpha value is -0.930. The number of halogens is 1. The van der Waals surface area contributed by atoms with Gasteiger partial charge >= 0.3 is 0 Å². The highest BCUT2D eigenvalue weighted by molar-refractivity contribution is 5.30. The molecule has 1 N–H and O–H groups in total. The summed E-state index contributed by atoms with van der Waals surface area (Å²) in [5, 5.41) is 3.48.